The summed E-state index contributed by atoms with van der Waals surface area (Å²) >= 11 is 0. The molecule has 0 unspecified atom stereocenters. The van der Waals surface area contributed by atoms with Crippen molar-refractivity contribution in [3.05, 3.63) is 0 Å². The average Bonchev–Trinajstić information content (AvgIpc) is 2.16. The second kappa shape index (κ2) is 5.67. The van der Waals surface area contributed by atoms with Crippen LogP contribution in [0.5, 0.6) is 0 Å². The van der Waals surface area contributed by atoms with E-state index in [2.05, 4.69) is 0 Å². The minimum atomic E-state index is -0.795. The largest absolute Gasteiger partial charge is 0.389 e. The van der Waals surface area contributed by atoms with E-state index in [-0.39, 0.29) is 5.91 Å². The molecule has 1 amide bonds. The van der Waals surface area contributed by atoms with Crippen molar-refractivity contribution in [2.45, 2.75) is 58.0 Å². The molecule has 1 fully saturated rings. The van der Waals surface area contributed by atoms with Crippen molar-refractivity contribution < 1.29 is 9.90 Å². The van der Waals surface area contributed by atoms with Crippen molar-refractivity contribution in [3.63, 3.8) is 0 Å². The number of carbonyl (C=O) groups excluding carboxylic acids is 1. The predicted octanol–water partition coefficient (Wildman–Crippen LogP) is 2.19. The summed E-state index contributed by atoms with van der Waals surface area (Å²) in [5.74, 6) is 0.750. The van der Waals surface area contributed by atoms with E-state index in [0.29, 0.717) is 18.9 Å². The molecule has 0 heterocycles. The molecule has 3 nitrogen and oxygen atoms in total. The molecule has 0 aromatic carbocycles. The van der Waals surface area contributed by atoms with E-state index in [1.165, 1.54) is 32.1 Å². The van der Waals surface area contributed by atoms with Crippen molar-refractivity contribution in [3.8, 4) is 0 Å². The van der Waals surface area contributed by atoms with E-state index in [4.69, 9.17) is 0 Å². The van der Waals surface area contributed by atoms with Gasteiger partial charge in [0.25, 0.3) is 0 Å². The van der Waals surface area contributed by atoms with E-state index >= 15 is 0 Å². The number of carbonyl (C=O) groups is 1. The predicted molar refractivity (Wildman–Crippen MR) is 65.1 cm³/mol. The summed E-state index contributed by atoms with van der Waals surface area (Å²) in [7, 11) is 1.78. The first-order valence-corrected chi connectivity index (χ1v) is 6.35. The highest BCUT2D eigenvalue weighted by Crippen LogP contribution is 2.26. The minimum absolute atomic E-state index is 0.175. The second-order valence-corrected chi connectivity index (χ2v) is 5.77. The van der Waals surface area contributed by atoms with Gasteiger partial charge in [-0.15, -0.1) is 0 Å². The van der Waals surface area contributed by atoms with Gasteiger partial charge in [0.1, 0.15) is 0 Å². The van der Waals surface area contributed by atoms with Gasteiger partial charge in [-0.1, -0.05) is 19.3 Å². The molecule has 1 rings (SSSR count). The van der Waals surface area contributed by atoms with E-state index in [1.807, 2.05) is 0 Å². The lowest BCUT2D eigenvalue weighted by molar-refractivity contribution is -0.133. The van der Waals surface area contributed by atoms with Crippen LogP contribution < -0.4 is 0 Å². The molecule has 1 aliphatic carbocycles. The van der Waals surface area contributed by atoms with Crippen LogP contribution in [0.25, 0.3) is 0 Å². The first-order chi connectivity index (χ1) is 7.38. The van der Waals surface area contributed by atoms with Crippen molar-refractivity contribution in [1.82, 2.24) is 4.90 Å². The third-order valence-electron chi connectivity index (χ3n) is 3.24. The Morgan fingerprint density at radius 2 is 1.88 bits per heavy atom. The molecule has 0 aromatic rings. The monoisotopic (exact) mass is 227 g/mol. The molecular weight excluding hydrogens is 202 g/mol. The fourth-order valence-electron chi connectivity index (χ4n) is 2.46. The van der Waals surface area contributed by atoms with Crippen LogP contribution in [-0.2, 0) is 4.79 Å². The summed E-state index contributed by atoms with van der Waals surface area (Å²) in [6.07, 6.45) is 6.92. The van der Waals surface area contributed by atoms with Crippen molar-refractivity contribution in [2.75, 3.05) is 13.6 Å². The average molecular weight is 227 g/mol. The van der Waals surface area contributed by atoms with Crippen LogP contribution in [0.2, 0.25) is 0 Å². The number of amides is 1. The molecule has 1 N–H and O–H groups in total. The summed E-state index contributed by atoms with van der Waals surface area (Å²) in [5, 5.41) is 9.65. The highest BCUT2D eigenvalue weighted by atomic mass is 16.3. The highest BCUT2D eigenvalue weighted by Gasteiger charge is 2.22. The van der Waals surface area contributed by atoms with E-state index in [0.717, 1.165) is 0 Å². The lowest BCUT2D eigenvalue weighted by atomic mass is 9.86. The SMILES string of the molecule is CN(CC(C)(C)O)C(=O)CC1CCCCC1. The van der Waals surface area contributed by atoms with Gasteiger partial charge in [0.05, 0.1) is 5.60 Å². The molecule has 0 aromatic heterocycles. The molecule has 0 aliphatic heterocycles. The molecule has 0 saturated heterocycles. The maximum atomic E-state index is 11.9. The third kappa shape index (κ3) is 4.97. The Balaban J connectivity index is 2.33. The summed E-state index contributed by atoms with van der Waals surface area (Å²) in [6, 6.07) is 0. The molecule has 3 heteroatoms. The first-order valence-electron chi connectivity index (χ1n) is 6.35. The summed E-state index contributed by atoms with van der Waals surface area (Å²) in [4.78, 5) is 13.6. The zero-order chi connectivity index (χ0) is 12.2. The molecule has 94 valence electrons. The van der Waals surface area contributed by atoms with Crippen LogP contribution in [-0.4, -0.2) is 35.1 Å². The van der Waals surface area contributed by atoms with E-state index < -0.39 is 5.60 Å². The van der Waals surface area contributed by atoms with Gasteiger partial charge in [0.2, 0.25) is 5.91 Å². The van der Waals surface area contributed by atoms with Gasteiger partial charge in [0, 0.05) is 20.0 Å². The van der Waals surface area contributed by atoms with Crippen LogP contribution in [0.15, 0.2) is 0 Å². The maximum Gasteiger partial charge on any atom is 0.222 e. The molecule has 1 saturated carbocycles. The molecule has 0 atom stereocenters. The van der Waals surface area contributed by atoms with Crippen LogP contribution in [0.3, 0.4) is 0 Å². The van der Waals surface area contributed by atoms with Gasteiger partial charge in [-0.2, -0.15) is 0 Å². The molecule has 0 bridgehead atoms. The highest BCUT2D eigenvalue weighted by molar-refractivity contribution is 5.76. The lowest BCUT2D eigenvalue weighted by Gasteiger charge is -2.28. The van der Waals surface area contributed by atoms with Gasteiger partial charge in [-0.25, -0.2) is 0 Å². The number of hydrogen-bond acceptors (Lipinski definition) is 2. The Bertz CT molecular complexity index is 227. The molecule has 16 heavy (non-hydrogen) atoms. The van der Waals surface area contributed by atoms with Gasteiger partial charge < -0.3 is 10.0 Å². The van der Waals surface area contributed by atoms with E-state index in [9.17, 15) is 9.90 Å². The maximum absolute atomic E-state index is 11.9. The Labute approximate surface area is 98.8 Å². The summed E-state index contributed by atoms with van der Waals surface area (Å²) in [5.41, 5.74) is -0.795. The van der Waals surface area contributed by atoms with Crippen molar-refractivity contribution in [2.24, 2.45) is 5.92 Å². The van der Waals surface area contributed by atoms with Crippen LogP contribution >= 0.6 is 0 Å². The Morgan fingerprint density at radius 3 is 2.38 bits per heavy atom. The normalized spacial score (nSPS) is 18.5. The smallest absolute Gasteiger partial charge is 0.222 e. The first kappa shape index (κ1) is 13.5. The summed E-state index contributed by atoms with van der Waals surface area (Å²) in [6.45, 7) is 3.88. The zero-order valence-corrected chi connectivity index (χ0v) is 10.8. The van der Waals surface area contributed by atoms with Gasteiger partial charge >= 0.3 is 0 Å². The topological polar surface area (TPSA) is 40.5 Å². The van der Waals surface area contributed by atoms with E-state index in [1.54, 1.807) is 25.8 Å². The second-order valence-electron chi connectivity index (χ2n) is 5.77. The number of rotatable bonds is 4. The molecule has 0 spiro atoms. The number of nitrogens with zero attached hydrogens (tertiary/aromatic N) is 1. The fourth-order valence-corrected chi connectivity index (χ4v) is 2.46. The third-order valence-corrected chi connectivity index (χ3v) is 3.24. The van der Waals surface area contributed by atoms with Crippen LogP contribution in [0.4, 0.5) is 0 Å². The quantitative estimate of drug-likeness (QED) is 0.799. The van der Waals surface area contributed by atoms with Gasteiger partial charge in [0.15, 0.2) is 0 Å². The Hall–Kier alpha value is -0.570. The number of likely N-dealkylation sites (N-methyl/N-ethyl adjacent to an activating group) is 1. The molecule has 0 radical (unpaired) electrons. The van der Waals surface area contributed by atoms with Gasteiger partial charge in [-0.05, 0) is 32.6 Å². The fraction of sp³-hybridized carbons (Fsp3) is 0.923. The Kier molecular flexibility index (Phi) is 4.78. The van der Waals surface area contributed by atoms with Crippen LogP contribution in [0, 0.1) is 5.92 Å². The van der Waals surface area contributed by atoms with Crippen molar-refractivity contribution >= 4 is 5.91 Å². The summed E-state index contributed by atoms with van der Waals surface area (Å²) < 4.78 is 0. The zero-order valence-electron chi connectivity index (χ0n) is 10.8. The Morgan fingerprint density at radius 1 is 1.31 bits per heavy atom. The van der Waals surface area contributed by atoms with Gasteiger partial charge in [-0.3, -0.25) is 4.79 Å². The lowest BCUT2D eigenvalue weighted by Crippen LogP contribution is -2.40. The van der Waals surface area contributed by atoms with Crippen LogP contribution in [0.1, 0.15) is 52.4 Å². The molecular formula is C13H25NO2. The number of aliphatic hydroxyl groups is 1. The minimum Gasteiger partial charge on any atom is -0.389 e. The van der Waals surface area contributed by atoms with Crippen molar-refractivity contribution in [1.29, 1.82) is 0 Å². The molecule has 1 aliphatic rings. The standard InChI is InChI=1S/C13H25NO2/c1-13(2,16)10-14(3)12(15)9-11-7-5-4-6-8-11/h11,16H,4-10H2,1-3H3. The number of hydrogen-bond donors (Lipinski definition) is 1.